The van der Waals surface area contributed by atoms with E-state index >= 15 is 0 Å². The van der Waals surface area contributed by atoms with E-state index in [4.69, 9.17) is 18.9 Å². The van der Waals surface area contributed by atoms with Gasteiger partial charge in [0, 0.05) is 104 Å². The Bertz CT molecular complexity index is 4850. The van der Waals surface area contributed by atoms with E-state index < -0.39 is 5.91 Å². The lowest BCUT2D eigenvalue weighted by Crippen LogP contribution is -2.36. The number of ether oxygens (including phenoxy) is 4. The molecule has 0 saturated carbocycles. The first-order chi connectivity index (χ1) is 68.1. The number of anilines is 3. The smallest absolute Gasteiger partial charge is 0.314 e. The lowest BCUT2D eigenvalue weighted by molar-refractivity contribution is -0.138. The van der Waals surface area contributed by atoms with Crippen molar-refractivity contribution in [3.63, 3.8) is 0 Å². The van der Waals surface area contributed by atoms with Crippen LogP contribution in [-0.4, -0.2) is 158 Å². The Hall–Kier alpha value is -10.5. The molecule has 12 N–H and O–H groups in total. The van der Waals surface area contributed by atoms with Crippen molar-refractivity contribution in [2.45, 2.75) is 319 Å². The molecule has 11 amide bonds. The van der Waals surface area contributed by atoms with Gasteiger partial charge in [-0.25, -0.2) is 39.3 Å². The lowest BCUT2D eigenvalue weighted by Gasteiger charge is -2.08. The second kappa shape index (κ2) is 77.2. The minimum atomic E-state index is -0.470. The number of nitrogens with zero attached hydrogens (tertiary/aromatic N) is 5. The molecule has 0 radical (unpaired) electrons. The fourth-order valence-electron chi connectivity index (χ4n) is 14.0. The molecule has 1 aliphatic rings. The zero-order chi connectivity index (χ0) is 101. The van der Waals surface area contributed by atoms with Gasteiger partial charge in [-0.1, -0.05) is 207 Å². The quantitative estimate of drug-likeness (QED) is 0.00729. The van der Waals surface area contributed by atoms with Crippen LogP contribution in [0.25, 0.3) is 40.9 Å². The molecule has 0 fully saturated rings. The lowest BCUT2D eigenvalue weighted by atomic mass is 10.1. The van der Waals surface area contributed by atoms with Gasteiger partial charge in [0.2, 0.25) is 29.4 Å². The molecule has 1 aliphatic heterocycles. The molecular formula is C105H161N17O13S5. The number of hydrogen-bond acceptors (Lipinski definition) is 24. The number of rotatable bonds is 67. The van der Waals surface area contributed by atoms with E-state index in [0.29, 0.717) is 73.5 Å². The van der Waals surface area contributed by atoms with E-state index in [1.807, 2.05) is 73.7 Å². The molecule has 5 heterocycles. The zero-order valence-electron chi connectivity index (χ0n) is 84.8. The third-order valence-electron chi connectivity index (χ3n) is 21.5. The number of carbonyl (C=O) groups is 9. The standard InChI is InChI=1S/C22H33N3O2S.C21H38N4OS.C21H29N3O4S.C21H31N3O3S.C20H30N4O3S/c1-3-4-9-15-23-22(26)24-16-10-7-5-6-8-11-17-27-19-13-12-14-20-21(19)25-18(2)28-20;1-3-4-14-17-22-21(26)23-18-15-12-10-8-6-5-7-9-11-13-16-20-24-19(2)27-25-20;1-3-4-6-10-16(26)20(27)22-13-7-5-8-14-28-17-11-9-12-18-19(17)24-21(29-18)23-15(2)25;1-3-4-5-7-13-19(26)22-14-8-6-9-15-27-17-11-10-12-18-20(17)24-21(28-18)23-16(2)25;1-3-4-6-12-21-19(26)22-13-7-5-8-14-27-16-10-9-11-17-18(16)24-20(28-17)23-15(2)25/h6,8,12-14H,3-5,7,9-11,15-17H2,1-2H3,(H2,23,24,26);6,8H,2-5,7,9-18H2,1H3,(H,24,25)(H2,22,23,26);9,11-12H,3-8,10,13-14H2,1-2H3,(H,22,27)(H,23,24,25);10-12H,3-9,13-15H2,1-2H3,(H,22,26)(H,23,24,25);9-11H,3-8,12-14H2,1-2H3,(H2,21,22,26)(H,23,24,25)/b2*8-6-;;;. The predicted octanol–water partition coefficient (Wildman–Crippen LogP) is 24.5. The topological polar surface area (TPSA) is 399 Å². The van der Waals surface area contributed by atoms with Gasteiger partial charge in [0.05, 0.1) is 50.2 Å². The predicted molar refractivity (Wildman–Crippen MR) is 582 cm³/mol. The van der Waals surface area contributed by atoms with Crippen LogP contribution < -0.4 is 82.2 Å². The maximum absolute atomic E-state index is 11.7. The maximum Gasteiger partial charge on any atom is 0.314 e. The third-order valence-corrected chi connectivity index (χ3v) is 25.9. The van der Waals surface area contributed by atoms with Crippen LogP contribution >= 0.6 is 57.3 Å². The van der Waals surface area contributed by atoms with Gasteiger partial charge in [0.1, 0.15) is 55.9 Å². The molecule has 0 saturated heterocycles. The van der Waals surface area contributed by atoms with Gasteiger partial charge in [0.15, 0.2) is 15.4 Å². The summed E-state index contributed by atoms with van der Waals surface area (Å²) in [4.78, 5) is 125. The summed E-state index contributed by atoms with van der Waals surface area (Å²) in [5.74, 6) is 3.07. The fourth-order valence-corrected chi connectivity index (χ4v) is 18.1. The highest BCUT2D eigenvalue weighted by atomic mass is 32.2. The molecule has 4 aromatic heterocycles. The molecule has 140 heavy (non-hydrogen) atoms. The number of ketones is 1. The van der Waals surface area contributed by atoms with Crippen LogP contribution in [0.1, 0.15) is 317 Å². The SMILES string of the molecule is C=C1N=C(CCCCCC/C=C\CCCCNC(=O)NCCCCC)NS1.CCCCCC(=O)C(=O)NCCCCCOc1cccc2sc(NC(C)=O)nc12.CCCCCCC(=O)NCCCCCOc1cccc2sc(NC(C)=O)nc12.CCCCCNC(=O)NCCCC/C=C\CCOc1cccc2sc(C)nc12.CCCCCNC(=O)NCCCCCOc1cccc2sc(NC(C)=O)nc12. The Kier molecular flexibility index (Phi) is 66.2. The first kappa shape index (κ1) is 120. The molecule has 4 aromatic carbocycles. The normalized spacial score (nSPS) is 11.4. The van der Waals surface area contributed by atoms with Crippen molar-refractivity contribution >= 4 is 173 Å². The van der Waals surface area contributed by atoms with Gasteiger partial charge < -0.3 is 82.2 Å². The molecule has 774 valence electrons. The molecule has 0 unspecified atom stereocenters. The molecule has 0 atom stereocenters. The zero-order valence-corrected chi connectivity index (χ0v) is 88.9. The number of amides is 11. The Labute approximate surface area is 851 Å². The molecule has 0 bridgehead atoms. The maximum atomic E-state index is 11.7. The monoisotopic (exact) mass is 2030 g/mol. The Morgan fingerprint density at radius 3 is 1.05 bits per heavy atom. The van der Waals surface area contributed by atoms with E-state index in [2.05, 4.69) is 160 Å². The van der Waals surface area contributed by atoms with E-state index in [-0.39, 0.29) is 47.5 Å². The third kappa shape index (κ3) is 56.2. The number of allylic oxidation sites excluding steroid dienone is 3. The number of benzene rings is 4. The number of para-hydroxylation sites is 4. The van der Waals surface area contributed by atoms with Crippen molar-refractivity contribution in [1.29, 1.82) is 0 Å². The first-order valence-corrected chi connectivity index (χ1v) is 55.2. The van der Waals surface area contributed by atoms with Crippen molar-refractivity contribution in [2.24, 2.45) is 4.99 Å². The number of amidine groups is 1. The molecule has 35 heteroatoms. The van der Waals surface area contributed by atoms with Gasteiger partial charge >= 0.3 is 18.1 Å². The van der Waals surface area contributed by atoms with Crippen molar-refractivity contribution < 1.29 is 62.1 Å². The molecular weight excluding hydrogens is 1870 g/mol. The summed E-state index contributed by atoms with van der Waals surface area (Å²) >= 11 is 7.49. The average molecular weight is 2030 g/mol. The number of carbonyl (C=O) groups excluding carboxylic acids is 9. The minimum Gasteiger partial charge on any atom is -0.491 e. The molecule has 0 spiro atoms. The number of aryl methyl sites for hydroxylation is 1. The van der Waals surface area contributed by atoms with Crippen molar-refractivity contribution in [1.82, 2.24) is 67.2 Å². The van der Waals surface area contributed by atoms with E-state index in [0.717, 1.165) is 288 Å². The number of unbranched alkanes of at least 4 members (excludes halogenated alkanes) is 25. The summed E-state index contributed by atoms with van der Waals surface area (Å²) in [5, 5.41) is 34.8. The summed E-state index contributed by atoms with van der Waals surface area (Å²) in [6.07, 6.45) is 50.0. The average Bonchev–Trinajstić information content (AvgIpc) is 1.71. The summed E-state index contributed by atoms with van der Waals surface area (Å²) < 4.78 is 30.8. The Morgan fingerprint density at radius 2 is 0.657 bits per heavy atom. The molecule has 9 rings (SSSR count). The highest BCUT2D eigenvalue weighted by Crippen LogP contribution is 2.36. The molecule has 30 nitrogen and oxygen atoms in total. The van der Waals surface area contributed by atoms with Crippen LogP contribution in [0.4, 0.5) is 29.8 Å². The number of hydrogen-bond donors (Lipinski definition) is 12. The van der Waals surface area contributed by atoms with Gasteiger partial charge in [-0.05, 0) is 210 Å². The highest BCUT2D eigenvalue weighted by molar-refractivity contribution is 8.02. The van der Waals surface area contributed by atoms with Crippen LogP contribution in [0, 0.1) is 6.92 Å². The number of fused-ring (bicyclic) bond motifs is 4. The van der Waals surface area contributed by atoms with E-state index in [1.54, 1.807) is 11.3 Å². The number of aromatic nitrogens is 4. The van der Waals surface area contributed by atoms with Crippen LogP contribution in [0.15, 0.2) is 114 Å². The summed E-state index contributed by atoms with van der Waals surface area (Å²) in [5.41, 5.74) is 3.27. The second-order valence-electron chi connectivity index (χ2n) is 34.1. The van der Waals surface area contributed by atoms with Gasteiger partial charge in [0.25, 0.3) is 5.91 Å². The van der Waals surface area contributed by atoms with E-state index in [9.17, 15) is 43.2 Å². The van der Waals surface area contributed by atoms with Crippen LogP contribution in [0.2, 0.25) is 0 Å². The first-order valence-electron chi connectivity index (χ1n) is 51.1. The molecule has 8 aromatic rings. The number of aliphatic imine (C=N–C) groups is 1. The van der Waals surface area contributed by atoms with Gasteiger partial charge in [-0.15, -0.1) is 11.3 Å². The number of Topliss-reactive ketones (excluding diaryl/α,β-unsaturated/α-hetero) is 1. The van der Waals surface area contributed by atoms with Gasteiger partial charge in [-0.3, -0.25) is 28.8 Å². The largest absolute Gasteiger partial charge is 0.491 e. The summed E-state index contributed by atoms with van der Waals surface area (Å²) in [6, 6.07) is 23.2. The minimum absolute atomic E-state index is 0.0267. The van der Waals surface area contributed by atoms with Crippen molar-refractivity contribution in [3.8, 4) is 23.0 Å². The van der Waals surface area contributed by atoms with Crippen LogP contribution in [0.5, 0.6) is 23.0 Å². The van der Waals surface area contributed by atoms with Crippen LogP contribution in [-0.2, 0) is 28.8 Å². The highest BCUT2D eigenvalue weighted by Gasteiger charge is 2.18. The number of nitrogens with one attached hydrogen (secondary N) is 12. The van der Waals surface area contributed by atoms with E-state index in [1.165, 1.54) is 136 Å². The summed E-state index contributed by atoms with van der Waals surface area (Å²) in [7, 11) is 0. The van der Waals surface area contributed by atoms with Crippen molar-refractivity contribution in [2.75, 3.05) is 94.7 Å². The molecule has 0 aliphatic carbocycles. The van der Waals surface area contributed by atoms with Crippen LogP contribution in [0.3, 0.4) is 0 Å². The summed E-state index contributed by atoms with van der Waals surface area (Å²) in [6.45, 7) is 29.0. The number of urea groups is 3. The van der Waals surface area contributed by atoms with Crippen molar-refractivity contribution in [3.05, 3.63) is 114 Å². The number of thiazole rings is 4. The van der Waals surface area contributed by atoms with Gasteiger partial charge in [-0.2, -0.15) is 0 Å². The second-order valence-corrected chi connectivity index (χ2v) is 39.3. The Balaban J connectivity index is 0.000000309. The Morgan fingerprint density at radius 1 is 0.343 bits per heavy atom. The fraction of sp³-hybridized carbons (Fsp3) is 0.581.